The number of carboxylic acids is 1. The summed E-state index contributed by atoms with van der Waals surface area (Å²) < 4.78 is 0. The summed E-state index contributed by atoms with van der Waals surface area (Å²) in [7, 11) is 0. The maximum absolute atomic E-state index is 12.3. The molecule has 1 amide bonds. The highest BCUT2D eigenvalue weighted by atomic mass is 16.4. The largest absolute Gasteiger partial charge is 0.480 e. The predicted molar refractivity (Wildman–Crippen MR) is 68.0 cm³/mol. The summed E-state index contributed by atoms with van der Waals surface area (Å²) in [6.45, 7) is -0.303. The highest BCUT2D eigenvalue weighted by Gasteiger charge is 2.29. The Kier molecular flexibility index (Phi) is 3.99. The minimum absolute atomic E-state index is 0.0180. The van der Waals surface area contributed by atoms with Crippen LogP contribution < -0.4 is 5.56 Å². The number of amides is 1. The summed E-state index contributed by atoms with van der Waals surface area (Å²) in [4.78, 5) is 38.0. The van der Waals surface area contributed by atoms with Crippen molar-refractivity contribution in [2.45, 2.75) is 31.7 Å². The number of nitrogens with zero attached hydrogens (tertiary/aromatic N) is 1. The maximum atomic E-state index is 12.3. The fourth-order valence-corrected chi connectivity index (χ4v) is 2.44. The molecule has 2 rings (SSSR count). The summed E-state index contributed by atoms with van der Waals surface area (Å²) in [6.07, 6.45) is 5.03. The summed E-state index contributed by atoms with van der Waals surface area (Å²) in [5, 5.41) is 8.93. The molecule has 1 saturated carbocycles. The van der Waals surface area contributed by atoms with Gasteiger partial charge in [-0.25, -0.2) is 0 Å². The SMILES string of the molecule is O=C(O)CN(C(=O)c1ccc(=O)[nH]c1)C1CCCC1. The van der Waals surface area contributed by atoms with E-state index in [4.69, 9.17) is 5.11 Å². The fourth-order valence-electron chi connectivity index (χ4n) is 2.44. The van der Waals surface area contributed by atoms with Gasteiger partial charge < -0.3 is 15.0 Å². The molecular formula is C13H16N2O4. The van der Waals surface area contributed by atoms with E-state index in [0.29, 0.717) is 5.56 Å². The van der Waals surface area contributed by atoms with Crippen LogP contribution in [0.3, 0.4) is 0 Å². The molecule has 6 nitrogen and oxygen atoms in total. The number of hydrogen-bond acceptors (Lipinski definition) is 3. The van der Waals surface area contributed by atoms with E-state index >= 15 is 0 Å². The minimum atomic E-state index is -1.02. The molecule has 6 heteroatoms. The van der Waals surface area contributed by atoms with Crippen LogP contribution in [-0.4, -0.2) is 39.5 Å². The lowest BCUT2D eigenvalue weighted by Crippen LogP contribution is -2.42. The molecule has 0 aromatic carbocycles. The number of hydrogen-bond donors (Lipinski definition) is 2. The van der Waals surface area contributed by atoms with Gasteiger partial charge in [0.1, 0.15) is 6.54 Å². The number of aromatic amines is 1. The van der Waals surface area contributed by atoms with E-state index in [-0.39, 0.29) is 24.1 Å². The van der Waals surface area contributed by atoms with E-state index in [0.717, 1.165) is 25.7 Å². The molecule has 1 aromatic rings. The van der Waals surface area contributed by atoms with Crippen molar-refractivity contribution in [1.29, 1.82) is 0 Å². The first-order valence-electron chi connectivity index (χ1n) is 6.29. The summed E-state index contributed by atoms with van der Waals surface area (Å²) in [5.74, 6) is -1.37. The van der Waals surface area contributed by atoms with E-state index < -0.39 is 5.97 Å². The lowest BCUT2D eigenvalue weighted by molar-refractivity contribution is -0.138. The Morgan fingerprint density at radius 2 is 2.00 bits per heavy atom. The first kappa shape index (κ1) is 13.3. The van der Waals surface area contributed by atoms with E-state index in [9.17, 15) is 14.4 Å². The maximum Gasteiger partial charge on any atom is 0.323 e. The molecule has 1 aliphatic carbocycles. The predicted octanol–water partition coefficient (Wildman–Crippen LogP) is 0.844. The quantitative estimate of drug-likeness (QED) is 0.843. The van der Waals surface area contributed by atoms with Crippen molar-refractivity contribution in [3.8, 4) is 0 Å². The van der Waals surface area contributed by atoms with Crippen LogP contribution in [0.15, 0.2) is 23.1 Å². The topological polar surface area (TPSA) is 90.5 Å². The second-order valence-electron chi connectivity index (χ2n) is 4.71. The molecule has 0 aliphatic heterocycles. The molecule has 1 aliphatic rings. The Bertz CT molecular complexity index is 511. The van der Waals surface area contributed by atoms with Crippen molar-refractivity contribution in [1.82, 2.24) is 9.88 Å². The lowest BCUT2D eigenvalue weighted by Gasteiger charge is -2.27. The Hall–Kier alpha value is -2.11. The molecule has 19 heavy (non-hydrogen) atoms. The Labute approximate surface area is 110 Å². The highest BCUT2D eigenvalue weighted by Crippen LogP contribution is 2.24. The monoisotopic (exact) mass is 264 g/mol. The number of carbonyl (C=O) groups is 2. The van der Waals surface area contributed by atoms with E-state index in [1.54, 1.807) is 0 Å². The van der Waals surface area contributed by atoms with E-state index in [1.165, 1.54) is 23.2 Å². The average Bonchev–Trinajstić information content (AvgIpc) is 2.89. The molecule has 0 atom stereocenters. The van der Waals surface area contributed by atoms with Crippen molar-refractivity contribution < 1.29 is 14.7 Å². The first-order chi connectivity index (χ1) is 9.08. The van der Waals surface area contributed by atoms with Gasteiger partial charge in [0.2, 0.25) is 5.56 Å². The molecule has 0 bridgehead atoms. The van der Waals surface area contributed by atoms with Gasteiger partial charge in [-0.1, -0.05) is 12.8 Å². The van der Waals surface area contributed by atoms with E-state index in [1.807, 2.05) is 0 Å². The molecule has 2 N–H and O–H groups in total. The molecular weight excluding hydrogens is 248 g/mol. The summed E-state index contributed by atoms with van der Waals surface area (Å²) in [5.41, 5.74) is 0.0231. The van der Waals surface area contributed by atoms with Gasteiger partial charge in [-0.2, -0.15) is 0 Å². The summed E-state index contributed by atoms with van der Waals surface area (Å²) >= 11 is 0. The van der Waals surface area contributed by atoms with Gasteiger partial charge in [0.05, 0.1) is 5.56 Å². The molecule has 102 valence electrons. The molecule has 0 saturated heterocycles. The van der Waals surface area contributed by atoms with Crippen LogP contribution in [0.2, 0.25) is 0 Å². The number of rotatable bonds is 4. The Morgan fingerprint density at radius 1 is 1.32 bits per heavy atom. The molecule has 0 unspecified atom stereocenters. The number of carboxylic acid groups (broad SMARTS) is 1. The zero-order valence-corrected chi connectivity index (χ0v) is 10.5. The number of aliphatic carboxylic acids is 1. The van der Waals surface area contributed by atoms with Crippen LogP contribution in [0.25, 0.3) is 0 Å². The molecule has 0 spiro atoms. The summed E-state index contributed by atoms with van der Waals surface area (Å²) in [6, 6.07) is 2.67. The van der Waals surface area contributed by atoms with Gasteiger partial charge in [0.25, 0.3) is 5.91 Å². The van der Waals surface area contributed by atoms with Crippen LogP contribution in [0.4, 0.5) is 0 Å². The number of nitrogens with one attached hydrogen (secondary N) is 1. The second kappa shape index (κ2) is 5.69. The third-order valence-corrected chi connectivity index (χ3v) is 3.36. The zero-order chi connectivity index (χ0) is 13.8. The Morgan fingerprint density at radius 3 is 2.53 bits per heavy atom. The minimum Gasteiger partial charge on any atom is -0.480 e. The van der Waals surface area contributed by atoms with Crippen LogP contribution in [0.5, 0.6) is 0 Å². The van der Waals surface area contributed by atoms with E-state index in [2.05, 4.69) is 4.98 Å². The third-order valence-electron chi connectivity index (χ3n) is 3.36. The lowest BCUT2D eigenvalue weighted by atomic mass is 10.1. The molecule has 1 fully saturated rings. The van der Waals surface area contributed by atoms with Crippen molar-refractivity contribution in [2.75, 3.05) is 6.54 Å². The third kappa shape index (κ3) is 3.21. The van der Waals surface area contributed by atoms with Gasteiger partial charge >= 0.3 is 5.97 Å². The molecule has 1 aromatic heterocycles. The zero-order valence-electron chi connectivity index (χ0n) is 10.5. The molecule has 1 heterocycles. The fraction of sp³-hybridized carbons (Fsp3) is 0.462. The van der Waals surface area contributed by atoms with Gasteiger partial charge in [-0.05, 0) is 18.9 Å². The van der Waals surface area contributed by atoms with Crippen molar-refractivity contribution >= 4 is 11.9 Å². The van der Waals surface area contributed by atoms with Crippen LogP contribution in [0.1, 0.15) is 36.0 Å². The van der Waals surface area contributed by atoms with Crippen molar-refractivity contribution in [2.24, 2.45) is 0 Å². The first-order valence-corrected chi connectivity index (χ1v) is 6.29. The standard InChI is InChI=1S/C13H16N2O4/c16-11-6-5-9(7-14-11)13(19)15(8-12(17)18)10-3-1-2-4-10/h5-7,10H,1-4,8H2,(H,14,16)(H,17,18). The number of pyridine rings is 1. The number of carbonyl (C=O) groups excluding carboxylic acids is 1. The second-order valence-corrected chi connectivity index (χ2v) is 4.71. The van der Waals surface area contributed by atoms with Gasteiger partial charge in [-0.3, -0.25) is 14.4 Å². The van der Waals surface area contributed by atoms with Gasteiger partial charge in [0, 0.05) is 18.3 Å². The van der Waals surface area contributed by atoms with Crippen LogP contribution in [-0.2, 0) is 4.79 Å². The van der Waals surface area contributed by atoms with Gasteiger partial charge in [-0.15, -0.1) is 0 Å². The van der Waals surface area contributed by atoms with Crippen LogP contribution >= 0.6 is 0 Å². The Balaban J connectivity index is 2.21. The molecule has 0 radical (unpaired) electrons. The number of H-pyrrole nitrogens is 1. The highest BCUT2D eigenvalue weighted by molar-refractivity contribution is 5.95. The van der Waals surface area contributed by atoms with Gasteiger partial charge in [0.15, 0.2) is 0 Å². The normalized spacial score (nSPS) is 15.4. The average molecular weight is 264 g/mol. The number of aromatic nitrogens is 1. The smallest absolute Gasteiger partial charge is 0.323 e. The van der Waals surface area contributed by atoms with Crippen molar-refractivity contribution in [3.63, 3.8) is 0 Å². The van der Waals surface area contributed by atoms with Crippen LogP contribution in [0, 0.1) is 0 Å². The van der Waals surface area contributed by atoms with Crippen molar-refractivity contribution in [3.05, 3.63) is 34.2 Å².